The van der Waals surface area contributed by atoms with Gasteiger partial charge in [0.15, 0.2) is 17.5 Å². The third kappa shape index (κ3) is 1.85. The summed E-state index contributed by atoms with van der Waals surface area (Å²) in [5.41, 5.74) is -0.835. The van der Waals surface area contributed by atoms with Crippen LogP contribution in [0.1, 0.15) is 37.3 Å². The molecule has 15 heavy (non-hydrogen) atoms. The first kappa shape index (κ1) is 12.0. The molecule has 1 atom stereocenters. The van der Waals surface area contributed by atoms with E-state index in [9.17, 15) is 17.6 Å². The Morgan fingerprint density at radius 3 is 1.93 bits per heavy atom. The standard InChI is InChI=1S/C11H12F4/c1-4-5(2)7-8(12)6(3)9(13)11(15)10(7)14/h5H,4H2,1-3H3. The van der Waals surface area contributed by atoms with E-state index in [4.69, 9.17) is 0 Å². The Morgan fingerprint density at radius 1 is 0.933 bits per heavy atom. The predicted molar refractivity (Wildman–Crippen MR) is 49.7 cm³/mol. The van der Waals surface area contributed by atoms with Crippen LogP contribution in [0.2, 0.25) is 0 Å². The number of hydrogen-bond donors (Lipinski definition) is 0. The average molecular weight is 220 g/mol. The molecule has 0 spiro atoms. The van der Waals surface area contributed by atoms with Crippen molar-refractivity contribution in [2.75, 3.05) is 0 Å². The van der Waals surface area contributed by atoms with Crippen LogP contribution in [0.3, 0.4) is 0 Å². The van der Waals surface area contributed by atoms with Gasteiger partial charge in [0.1, 0.15) is 5.82 Å². The molecule has 4 heteroatoms. The highest BCUT2D eigenvalue weighted by Crippen LogP contribution is 2.30. The van der Waals surface area contributed by atoms with Gasteiger partial charge in [-0.1, -0.05) is 13.8 Å². The molecule has 0 aliphatic rings. The Bertz CT molecular complexity index is 356. The van der Waals surface area contributed by atoms with Gasteiger partial charge in [-0.05, 0) is 19.3 Å². The van der Waals surface area contributed by atoms with Crippen molar-refractivity contribution in [1.82, 2.24) is 0 Å². The second-order valence-electron chi connectivity index (χ2n) is 3.60. The van der Waals surface area contributed by atoms with E-state index >= 15 is 0 Å². The summed E-state index contributed by atoms with van der Waals surface area (Å²) in [6.45, 7) is 4.39. The Balaban J connectivity index is 3.52. The van der Waals surface area contributed by atoms with E-state index in [0.717, 1.165) is 6.92 Å². The van der Waals surface area contributed by atoms with Crippen LogP contribution in [-0.2, 0) is 0 Å². The van der Waals surface area contributed by atoms with Crippen LogP contribution in [0.15, 0.2) is 0 Å². The van der Waals surface area contributed by atoms with Gasteiger partial charge in [0.25, 0.3) is 0 Å². The quantitative estimate of drug-likeness (QED) is 0.400. The van der Waals surface area contributed by atoms with Crippen molar-refractivity contribution in [3.63, 3.8) is 0 Å². The lowest BCUT2D eigenvalue weighted by Gasteiger charge is -2.14. The van der Waals surface area contributed by atoms with E-state index in [1.54, 1.807) is 13.8 Å². The highest BCUT2D eigenvalue weighted by Gasteiger charge is 2.25. The Labute approximate surface area is 85.9 Å². The molecule has 1 rings (SSSR count). The SMILES string of the molecule is CCC(C)c1c(F)c(C)c(F)c(F)c1F. The number of benzene rings is 1. The van der Waals surface area contributed by atoms with Crippen LogP contribution in [0.4, 0.5) is 17.6 Å². The van der Waals surface area contributed by atoms with Crippen molar-refractivity contribution in [2.45, 2.75) is 33.1 Å². The van der Waals surface area contributed by atoms with Gasteiger partial charge in [-0.2, -0.15) is 0 Å². The number of halogens is 4. The van der Waals surface area contributed by atoms with Crippen LogP contribution in [0, 0.1) is 30.2 Å². The number of hydrogen-bond acceptors (Lipinski definition) is 0. The maximum absolute atomic E-state index is 13.5. The molecule has 1 aromatic rings. The fourth-order valence-corrected chi connectivity index (χ4v) is 1.41. The smallest absolute Gasteiger partial charge is 0.195 e. The van der Waals surface area contributed by atoms with E-state index in [0.29, 0.717) is 6.42 Å². The summed E-state index contributed by atoms with van der Waals surface area (Å²) in [7, 11) is 0. The molecule has 0 aliphatic heterocycles. The molecule has 0 heterocycles. The first-order chi connectivity index (χ1) is 6.91. The fourth-order valence-electron chi connectivity index (χ4n) is 1.41. The number of rotatable bonds is 2. The molecule has 1 unspecified atom stereocenters. The third-order valence-electron chi connectivity index (χ3n) is 2.62. The van der Waals surface area contributed by atoms with E-state index in [2.05, 4.69) is 0 Å². The van der Waals surface area contributed by atoms with Gasteiger partial charge in [0, 0.05) is 11.1 Å². The average Bonchev–Trinajstić information content (AvgIpc) is 2.23. The summed E-state index contributed by atoms with van der Waals surface area (Å²) in [6.07, 6.45) is 0.457. The van der Waals surface area contributed by atoms with Gasteiger partial charge in [-0.15, -0.1) is 0 Å². The molecular formula is C11H12F4. The third-order valence-corrected chi connectivity index (χ3v) is 2.62. The van der Waals surface area contributed by atoms with Crippen molar-refractivity contribution in [3.05, 3.63) is 34.4 Å². The molecule has 0 nitrogen and oxygen atoms in total. The van der Waals surface area contributed by atoms with Crippen molar-refractivity contribution >= 4 is 0 Å². The minimum atomic E-state index is -1.59. The van der Waals surface area contributed by atoms with Crippen LogP contribution in [0.5, 0.6) is 0 Å². The molecular weight excluding hydrogens is 208 g/mol. The zero-order valence-electron chi connectivity index (χ0n) is 8.80. The molecule has 0 radical (unpaired) electrons. The minimum absolute atomic E-state index is 0.367. The van der Waals surface area contributed by atoms with E-state index in [1.165, 1.54) is 0 Å². The maximum atomic E-state index is 13.5. The zero-order valence-corrected chi connectivity index (χ0v) is 8.80. The summed E-state index contributed by atoms with van der Waals surface area (Å²) < 4.78 is 52.7. The lowest BCUT2D eigenvalue weighted by Crippen LogP contribution is -2.08. The molecule has 0 aliphatic carbocycles. The highest BCUT2D eigenvalue weighted by molar-refractivity contribution is 5.31. The highest BCUT2D eigenvalue weighted by atomic mass is 19.2. The molecule has 0 saturated carbocycles. The summed E-state index contributed by atoms with van der Waals surface area (Å²) in [6, 6.07) is 0. The second-order valence-corrected chi connectivity index (χ2v) is 3.60. The fraction of sp³-hybridized carbons (Fsp3) is 0.455. The molecule has 0 fully saturated rings. The Kier molecular flexibility index (Phi) is 3.37. The molecule has 0 aromatic heterocycles. The molecule has 0 N–H and O–H groups in total. The van der Waals surface area contributed by atoms with Crippen LogP contribution >= 0.6 is 0 Å². The Morgan fingerprint density at radius 2 is 1.47 bits per heavy atom. The second kappa shape index (κ2) is 4.21. The van der Waals surface area contributed by atoms with Crippen molar-refractivity contribution in [2.24, 2.45) is 0 Å². The van der Waals surface area contributed by atoms with Gasteiger partial charge in [-0.3, -0.25) is 0 Å². The normalized spacial score (nSPS) is 13.0. The molecule has 1 aromatic carbocycles. The van der Waals surface area contributed by atoms with E-state index in [-0.39, 0.29) is 5.56 Å². The van der Waals surface area contributed by atoms with Crippen LogP contribution < -0.4 is 0 Å². The van der Waals surface area contributed by atoms with Gasteiger partial charge < -0.3 is 0 Å². The summed E-state index contributed by atoms with van der Waals surface area (Å²) in [5.74, 6) is -5.91. The van der Waals surface area contributed by atoms with Crippen molar-refractivity contribution < 1.29 is 17.6 Å². The molecule has 0 amide bonds. The topological polar surface area (TPSA) is 0 Å². The van der Waals surface area contributed by atoms with Gasteiger partial charge in [0.05, 0.1) is 0 Å². The molecule has 0 bridgehead atoms. The lowest BCUT2D eigenvalue weighted by atomic mass is 9.95. The van der Waals surface area contributed by atoms with E-state index < -0.39 is 34.8 Å². The first-order valence-electron chi connectivity index (χ1n) is 4.74. The summed E-state index contributed by atoms with van der Waals surface area (Å²) in [4.78, 5) is 0. The Hall–Kier alpha value is -1.06. The summed E-state index contributed by atoms with van der Waals surface area (Å²) in [5, 5.41) is 0. The minimum Gasteiger partial charge on any atom is -0.206 e. The van der Waals surface area contributed by atoms with Gasteiger partial charge in [0.2, 0.25) is 0 Å². The maximum Gasteiger partial charge on any atom is 0.195 e. The summed E-state index contributed by atoms with van der Waals surface area (Å²) >= 11 is 0. The van der Waals surface area contributed by atoms with Crippen molar-refractivity contribution in [3.8, 4) is 0 Å². The van der Waals surface area contributed by atoms with Crippen LogP contribution in [0.25, 0.3) is 0 Å². The molecule has 0 saturated heterocycles. The largest absolute Gasteiger partial charge is 0.206 e. The van der Waals surface area contributed by atoms with E-state index in [1.807, 2.05) is 0 Å². The van der Waals surface area contributed by atoms with Gasteiger partial charge in [-0.25, -0.2) is 17.6 Å². The van der Waals surface area contributed by atoms with Crippen molar-refractivity contribution in [1.29, 1.82) is 0 Å². The lowest BCUT2D eigenvalue weighted by molar-refractivity contribution is 0.411. The van der Waals surface area contributed by atoms with Gasteiger partial charge >= 0.3 is 0 Å². The monoisotopic (exact) mass is 220 g/mol. The predicted octanol–water partition coefficient (Wildman–Crippen LogP) is 4.06. The van der Waals surface area contributed by atoms with Crippen LogP contribution in [-0.4, -0.2) is 0 Å². The first-order valence-corrected chi connectivity index (χ1v) is 4.74. The molecule has 84 valence electrons. The zero-order chi connectivity index (χ0) is 11.7.